The second kappa shape index (κ2) is 5.60. The highest BCUT2D eigenvalue weighted by atomic mass is 16.5. The van der Waals surface area contributed by atoms with Gasteiger partial charge in [-0.05, 0) is 23.4 Å². The van der Waals surface area contributed by atoms with Crippen molar-refractivity contribution < 1.29 is 14.3 Å². The van der Waals surface area contributed by atoms with Crippen LogP contribution in [0.4, 0.5) is 0 Å². The molecule has 1 atom stereocenters. The summed E-state index contributed by atoms with van der Waals surface area (Å²) in [6, 6.07) is 8.18. The number of hydrogen-bond donors (Lipinski definition) is 1. The summed E-state index contributed by atoms with van der Waals surface area (Å²) in [6.45, 7) is 1.09. The molecular formula is C16H18N2O3. The van der Waals surface area contributed by atoms with Gasteiger partial charge in [-0.1, -0.05) is 18.2 Å². The molecule has 3 rings (SSSR count). The van der Waals surface area contributed by atoms with Gasteiger partial charge in [-0.2, -0.15) is 0 Å². The van der Waals surface area contributed by atoms with Gasteiger partial charge in [0, 0.05) is 31.2 Å². The van der Waals surface area contributed by atoms with E-state index < -0.39 is 0 Å². The second-order valence-electron chi connectivity index (χ2n) is 5.37. The molecular weight excluding hydrogens is 268 g/mol. The molecule has 21 heavy (non-hydrogen) atoms. The van der Waals surface area contributed by atoms with Crippen LogP contribution < -0.4 is 0 Å². The number of nitrogens with zero attached hydrogens (tertiary/aromatic N) is 1. The molecule has 1 N–H and O–H groups in total. The third kappa shape index (κ3) is 2.63. The van der Waals surface area contributed by atoms with Crippen molar-refractivity contribution in [1.29, 1.82) is 0 Å². The van der Waals surface area contributed by atoms with Crippen molar-refractivity contribution in [3.8, 4) is 0 Å². The van der Waals surface area contributed by atoms with Crippen LogP contribution in [0.5, 0.6) is 0 Å². The molecule has 0 bridgehead atoms. The number of hydrogen-bond acceptors (Lipinski definition) is 3. The zero-order valence-corrected chi connectivity index (χ0v) is 12.0. The van der Waals surface area contributed by atoms with E-state index in [-0.39, 0.29) is 24.2 Å². The maximum atomic E-state index is 12.0. The van der Waals surface area contributed by atoms with E-state index in [0.717, 1.165) is 11.9 Å². The van der Waals surface area contributed by atoms with E-state index in [9.17, 15) is 9.59 Å². The summed E-state index contributed by atoms with van der Waals surface area (Å²) in [6.07, 6.45) is 2.96. The number of aromatic nitrogens is 1. The largest absolute Gasteiger partial charge is 0.469 e. The molecule has 2 aromatic rings. The zero-order chi connectivity index (χ0) is 14.8. The fourth-order valence-corrected chi connectivity index (χ4v) is 2.93. The van der Waals surface area contributed by atoms with Crippen LogP contribution in [-0.2, 0) is 20.7 Å². The van der Waals surface area contributed by atoms with Gasteiger partial charge >= 0.3 is 5.97 Å². The molecule has 1 saturated heterocycles. The van der Waals surface area contributed by atoms with Gasteiger partial charge < -0.3 is 14.6 Å². The first-order chi connectivity index (χ1) is 10.2. The Labute approximate surface area is 122 Å². The first-order valence-corrected chi connectivity index (χ1v) is 7.09. The van der Waals surface area contributed by atoms with E-state index in [4.69, 9.17) is 4.74 Å². The lowest BCUT2D eigenvalue weighted by atomic mass is 10.1. The molecule has 5 nitrogen and oxygen atoms in total. The number of esters is 1. The van der Waals surface area contributed by atoms with Crippen LogP contribution in [-0.4, -0.2) is 42.0 Å². The summed E-state index contributed by atoms with van der Waals surface area (Å²) >= 11 is 0. The number of benzene rings is 1. The summed E-state index contributed by atoms with van der Waals surface area (Å²) in [4.78, 5) is 28.5. The van der Waals surface area contributed by atoms with Crippen molar-refractivity contribution in [2.75, 3.05) is 20.2 Å². The minimum atomic E-state index is -0.316. The number of H-pyrrole nitrogens is 1. The van der Waals surface area contributed by atoms with Gasteiger partial charge in [0.15, 0.2) is 0 Å². The molecule has 110 valence electrons. The highest BCUT2D eigenvalue weighted by molar-refractivity contribution is 5.87. The third-order valence-electron chi connectivity index (χ3n) is 4.07. The summed E-state index contributed by atoms with van der Waals surface area (Å²) in [5.41, 5.74) is 2.31. The molecule has 1 fully saturated rings. The number of aromatic amines is 1. The van der Waals surface area contributed by atoms with E-state index in [1.807, 2.05) is 18.3 Å². The summed E-state index contributed by atoms with van der Waals surface area (Å²) < 4.78 is 4.72. The number of ether oxygens (including phenoxy) is 1. The highest BCUT2D eigenvalue weighted by Crippen LogP contribution is 2.21. The number of fused-ring (bicyclic) bond motifs is 1. The quantitative estimate of drug-likeness (QED) is 0.871. The molecule has 0 spiro atoms. The normalized spacial score (nSPS) is 18.4. The van der Waals surface area contributed by atoms with Crippen molar-refractivity contribution in [3.63, 3.8) is 0 Å². The molecule has 0 radical (unpaired) electrons. The monoisotopic (exact) mass is 286 g/mol. The molecule has 2 heterocycles. The third-order valence-corrected chi connectivity index (χ3v) is 4.07. The Bertz CT molecular complexity index is 677. The van der Waals surface area contributed by atoms with Gasteiger partial charge in [0.1, 0.15) is 0 Å². The number of rotatable bonds is 4. The van der Waals surface area contributed by atoms with Crippen LogP contribution in [0.15, 0.2) is 30.5 Å². The molecule has 1 aliphatic rings. The molecule has 1 aromatic carbocycles. The Kier molecular flexibility index (Phi) is 3.64. The maximum absolute atomic E-state index is 12.0. The molecule has 1 aliphatic heterocycles. The van der Waals surface area contributed by atoms with E-state index in [1.165, 1.54) is 18.1 Å². The number of likely N-dealkylation sites (tertiary alicyclic amines) is 1. The zero-order valence-electron chi connectivity index (χ0n) is 12.0. The van der Waals surface area contributed by atoms with E-state index in [1.54, 1.807) is 4.90 Å². The van der Waals surface area contributed by atoms with E-state index in [0.29, 0.717) is 13.1 Å². The van der Waals surface area contributed by atoms with Gasteiger partial charge in [0.25, 0.3) is 0 Å². The van der Waals surface area contributed by atoms with E-state index in [2.05, 4.69) is 17.1 Å². The van der Waals surface area contributed by atoms with Crippen molar-refractivity contribution >= 4 is 22.8 Å². The predicted octanol–water partition coefficient (Wildman–Crippen LogP) is 1.73. The standard InChI is InChI=1S/C16H18N2O3/c1-21-16(20)13-9-14(19)18(10-13)8-6-12-4-2-3-11-5-7-17-15(11)12/h2-5,7,13,17H,6,8-10H2,1H3. The van der Waals surface area contributed by atoms with Crippen molar-refractivity contribution in [1.82, 2.24) is 9.88 Å². The van der Waals surface area contributed by atoms with Gasteiger partial charge in [-0.3, -0.25) is 9.59 Å². The van der Waals surface area contributed by atoms with Crippen LogP contribution in [0.3, 0.4) is 0 Å². The Morgan fingerprint density at radius 2 is 2.29 bits per heavy atom. The first-order valence-electron chi connectivity index (χ1n) is 7.09. The molecule has 1 unspecified atom stereocenters. The number of carbonyl (C=O) groups excluding carboxylic acids is 2. The van der Waals surface area contributed by atoms with Crippen LogP contribution in [0.25, 0.3) is 10.9 Å². The minimum Gasteiger partial charge on any atom is -0.469 e. The van der Waals surface area contributed by atoms with Crippen LogP contribution >= 0.6 is 0 Å². The van der Waals surface area contributed by atoms with Crippen molar-refractivity contribution in [3.05, 3.63) is 36.0 Å². The number of amides is 1. The molecule has 0 aliphatic carbocycles. The van der Waals surface area contributed by atoms with Crippen LogP contribution in [0.2, 0.25) is 0 Å². The Morgan fingerprint density at radius 3 is 3.10 bits per heavy atom. The van der Waals surface area contributed by atoms with Crippen molar-refractivity contribution in [2.24, 2.45) is 5.92 Å². The molecule has 5 heteroatoms. The number of para-hydroxylation sites is 1. The van der Waals surface area contributed by atoms with E-state index >= 15 is 0 Å². The second-order valence-corrected chi connectivity index (χ2v) is 5.37. The Morgan fingerprint density at radius 1 is 1.43 bits per heavy atom. The Balaban J connectivity index is 1.67. The molecule has 1 amide bonds. The van der Waals surface area contributed by atoms with Gasteiger partial charge in [-0.25, -0.2) is 0 Å². The van der Waals surface area contributed by atoms with Gasteiger partial charge in [0.05, 0.1) is 13.0 Å². The molecule has 1 aromatic heterocycles. The summed E-state index contributed by atoms with van der Waals surface area (Å²) in [5.74, 6) is -0.579. The maximum Gasteiger partial charge on any atom is 0.310 e. The average Bonchev–Trinajstić information content (AvgIpc) is 3.11. The Hall–Kier alpha value is -2.30. The number of nitrogens with one attached hydrogen (secondary N) is 1. The number of carbonyl (C=O) groups is 2. The summed E-state index contributed by atoms with van der Waals surface area (Å²) in [5, 5.41) is 1.17. The fourth-order valence-electron chi connectivity index (χ4n) is 2.93. The lowest BCUT2D eigenvalue weighted by molar-refractivity contribution is -0.145. The number of methoxy groups -OCH3 is 1. The lowest BCUT2D eigenvalue weighted by Crippen LogP contribution is -2.28. The van der Waals surface area contributed by atoms with Crippen LogP contribution in [0.1, 0.15) is 12.0 Å². The topological polar surface area (TPSA) is 62.4 Å². The van der Waals surface area contributed by atoms with Gasteiger partial charge in [0.2, 0.25) is 5.91 Å². The summed E-state index contributed by atoms with van der Waals surface area (Å²) in [7, 11) is 1.36. The minimum absolute atomic E-state index is 0.0315. The highest BCUT2D eigenvalue weighted by Gasteiger charge is 2.34. The SMILES string of the molecule is COC(=O)C1CC(=O)N(CCc2cccc3cc[nH]c23)C1. The van der Waals surface area contributed by atoms with Crippen molar-refractivity contribution in [2.45, 2.75) is 12.8 Å². The molecule has 0 saturated carbocycles. The predicted molar refractivity (Wildman–Crippen MR) is 78.7 cm³/mol. The smallest absolute Gasteiger partial charge is 0.310 e. The average molecular weight is 286 g/mol. The first kappa shape index (κ1) is 13.7. The van der Waals surface area contributed by atoms with Crippen LogP contribution in [0, 0.1) is 5.92 Å². The van der Waals surface area contributed by atoms with Gasteiger partial charge in [-0.15, -0.1) is 0 Å². The lowest BCUT2D eigenvalue weighted by Gasteiger charge is -2.16. The fraction of sp³-hybridized carbons (Fsp3) is 0.375.